The van der Waals surface area contributed by atoms with Gasteiger partial charge >= 0.3 is 0 Å². The largest absolute Gasteiger partial charge is 0.398 e. The highest BCUT2D eigenvalue weighted by Gasteiger charge is 2.25. The fourth-order valence-electron chi connectivity index (χ4n) is 2.96. The van der Waals surface area contributed by atoms with E-state index in [1.165, 1.54) is 19.3 Å². The number of benzene rings is 1. The second-order valence-electron chi connectivity index (χ2n) is 5.48. The van der Waals surface area contributed by atoms with Gasteiger partial charge in [-0.25, -0.2) is 0 Å². The summed E-state index contributed by atoms with van der Waals surface area (Å²) in [6, 6.07) is 6.06. The van der Waals surface area contributed by atoms with Gasteiger partial charge in [0.2, 0.25) is 0 Å². The number of anilines is 2. The number of primary amides is 1. The van der Waals surface area contributed by atoms with Crippen LogP contribution in [0.2, 0.25) is 0 Å². The molecule has 104 valence electrons. The molecule has 0 radical (unpaired) electrons. The van der Waals surface area contributed by atoms with Crippen molar-refractivity contribution in [3.8, 4) is 0 Å². The molecule has 4 heteroatoms. The number of rotatable bonds is 3. The van der Waals surface area contributed by atoms with Gasteiger partial charge in [-0.15, -0.1) is 0 Å². The highest BCUT2D eigenvalue weighted by Crippen LogP contribution is 2.31. The van der Waals surface area contributed by atoms with Gasteiger partial charge in [-0.05, 0) is 43.9 Å². The van der Waals surface area contributed by atoms with Gasteiger partial charge in [0, 0.05) is 24.0 Å². The minimum atomic E-state index is -0.463. The number of amides is 1. The van der Waals surface area contributed by atoms with Crippen LogP contribution in [0.3, 0.4) is 0 Å². The summed E-state index contributed by atoms with van der Waals surface area (Å²) >= 11 is 0. The Labute approximate surface area is 114 Å². The third-order valence-electron chi connectivity index (χ3n) is 4.20. The van der Waals surface area contributed by atoms with Gasteiger partial charge in [-0.2, -0.15) is 0 Å². The standard InChI is InChI=1S/C15H23N3O/c1-3-11-6-7-18(10(2)8-11)12-4-5-14(16)13(9-12)15(17)19/h4-5,9-11H,3,6-8,16H2,1-2H3,(H2,17,19)/t10-,11-/m1/s1. The summed E-state index contributed by atoms with van der Waals surface area (Å²) in [7, 11) is 0. The Balaban J connectivity index is 2.23. The molecule has 0 spiro atoms. The topological polar surface area (TPSA) is 72.3 Å². The van der Waals surface area contributed by atoms with Crippen molar-refractivity contribution in [1.29, 1.82) is 0 Å². The average Bonchev–Trinajstić information content (AvgIpc) is 2.39. The first-order chi connectivity index (χ1) is 9.02. The summed E-state index contributed by atoms with van der Waals surface area (Å²) in [5.74, 6) is 0.353. The lowest BCUT2D eigenvalue weighted by Gasteiger charge is -2.39. The molecule has 0 saturated carbocycles. The maximum Gasteiger partial charge on any atom is 0.250 e. The van der Waals surface area contributed by atoms with Crippen LogP contribution in [0.5, 0.6) is 0 Å². The molecule has 4 N–H and O–H groups in total. The van der Waals surface area contributed by atoms with E-state index in [2.05, 4.69) is 18.7 Å². The van der Waals surface area contributed by atoms with Gasteiger partial charge in [-0.3, -0.25) is 4.79 Å². The van der Waals surface area contributed by atoms with Gasteiger partial charge in [0.15, 0.2) is 0 Å². The van der Waals surface area contributed by atoms with E-state index < -0.39 is 5.91 Å². The Morgan fingerprint density at radius 3 is 2.79 bits per heavy atom. The normalized spacial score (nSPS) is 23.4. The first kappa shape index (κ1) is 13.7. The fraction of sp³-hybridized carbons (Fsp3) is 0.533. The van der Waals surface area contributed by atoms with E-state index in [4.69, 9.17) is 11.5 Å². The molecule has 1 aliphatic heterocycles. The number of hydrogen-bond donors (Lipinski definition) is 2. The smallest absolute Gasteiger partial charge is 0.250 e. The van der Waals surface area contributed by atoms with Gasteiger partial charge in [0.25, 0.3) is 5.91 Å². The van der Waals surface area contributed by atoms with Crippen molar-refractivity contribution in [2.24, 2.45) is 11.7 Å². The monoisotopic (exact) mass is 261 g/mol. The van der Waals surface area contributed by atoms with Gasteiger partial charge in [-0.1, -0.05) is 13.3 Å². The molecule has 0 aromatic heterocycles. The molecule has 1 aromatic rings. The predicted octanol–water partition coefficient (Wildman–Crippen LogP) is 2.38. The highest BCUT2D eigenvalue weighted by atomic mass is 16.1. The van der Waals surface area contributed by atoms with E-state index in [0.29, 0.717) is 17.3 Å². The third-order valence-corrected chi connectivity index (χ3v) is 4.20. The Morgan fingerprint density at radius 1 is 1.47 bits per heavy atom. The lowest BCUT2D eigenvalue weighted by atomic mass is 9.89. The van der Waals surface area contributed by atoms with Gasteiger partial charge in [0.1, 0.15) is 0 Å². The highest BCUT2D eigenvalue weighted by molar-refractivity contribution is 5.99. The van der Waals surface area contributed by atoms with E-state index in [0.717, 1.165) is 18.2 Å². The molecule has 0 unspecified atom stereocenters. The summed E-state index contributed by atoms with van der Waals surface area (Å²) in [5.41, 5.74) is 13.0. The molecule has 1 aromatic carbocycles. The lowest BCUT2D eigenvalue weighted by molar-refractivity contribution is 0.100. The van der Waals surface area contributed by atoms with Crippen molar-refractivity contribution in [2.45, 2.75) is 39.2 Å². The number of nitrogens with zero attached hydrogens (tertiary/aromatic N) is 1. The Hall–Kier alpha value is -1.71. The lowest BCUT2D eigenvalue weighted by Crippen LogP contribution is -2.40. The first-order valence-electron chi connectivity index (χ1n) is 6.98. The SMILES string of the molecule is CC[C@@H]1CCN(c2ccc(N)c(C(N)=O)c2)[C@H](C)C1. The number of piperidine rings is 1. The van der Waals surface area contributed by atoms with Crippen molar-refractivity contribution in [3.63, 3.8) is 0 Å². The van der Waals surface area contributed by atoms with Gasteiger partial charge in [0.05, 0.1) is 5.56 Å². The first-order valence-corrected chi connectivity index (χ1v) is 6.98. The summed E-state index contributed by atoms with van der Waals surface area (Å²) in [5, 5.41) is 0. The number of carbonyl (C=O) groups is 1. The van der Waals surface area contributed by atoms with E-state index in [1.54, 1.807) is 6.07 Å². The second kappa shape index (κ2) is 5.51. The minimum absolute atomic E-state index is 0.419. The molecule has 1 fully saturated rings. The van der Waals surface area contributed by atoms with Crippen LogP contribution in [0.4, 0.5) is 11.4 Å². The van der Waals surface area contributed by atoms with E-state index in [9.17, 15) is 4.79 Å². The molecule has 1 saturated heterocycles. The van der Waals surface area contributed by atoms with Crippen LogP contribution in [-0.4, -0.2) is 18.5 Å². The van der Waals surface area contributed by atoms with E-state index in [-0.39, 0.29) is 0 Å². The Kier molecular flexibility index (Phi) is 3.98. The van der Waals surface area contributed by atoms with Crippen molar-refractivity contribution in [1.82, 2.24) is 0 Å². The predicted molar refractivity (Wildman–Crippen MR) is 79.2 cm³/mol. The molecular formula is C15H23N3O. The van der Waals surface area contributed by atoms with Crippen molar-refractivity contribution >= 4 is 17.3 Å². The van der Waals surface area contributed by atoms with Crippen LogP contribution < -0.4 is 16.4 Å². The zero-order valence-corrected chi connectivity index (χ0v) is 11.7. The molecule has 4 nitrogen and oxygen atoms in total. The van der Waals surface area contributed by atoms with Crippen LogP contribution in [0.15, 0.2) is 18.2 Å². The van der Waals surface area contributed by atoms with Crippen LogP contribution in [0.1, 0.15) is 43.5 Å². The number of nitrogen functional groups attached to an aromatic ring is 1. The second-order valence-corrected chi connectivity index (χ2v) is 5.48. The maximum absolute atomic E-state index is 11.4. The van der Waals surface area contributed by atoms with Crippen molar-refractivity contribution in [3.05, 3.63) is 23.8 Å². The van der Waals surface area contributed by atoms with Crippen molar-refractivity contribution < 1.29 is 4.79 Å². The van der Waals surface area contributed by atoms with Crippen LogP contribution in [-0.2, 0) is 0 Å². The third kappa shape index (κ3) is 2.83. The summed E-state index contributed by atoms with van der Waals surface area (Å²) < 4.78 is 0. The molecular weight excluding hydrogens is 238 g/mol. The Morgan fingerprint density at radius 2 is 2.21 bits per heavy atom. The molecule has 0 bridgehead atoms. The van der Waals surface area contributed by atoms with Crippen LogP contribution in [0.25, 0.3) is 0 Å². The number of carbonyl (C=O) groups excluding carboxylic acids is 1. The molecule has 2 rings (SSSR count). The molecule has 1 aliphatic rings. The summed E-state index contributed by atoms with van der Waals surface area (Å²) in [6.45, 7) is 5.52. The van der Waals surface area contributed by atoms with E-state index >= 15 is 0 Å². The molecule has 0 aliphatic carbocycles. The minimum Gasteiger partial charge on any atom is -0.398 e. The molecule has 2 atom stereocenters. The number of nitrogens with two attached hydrogens (primary N) is 2. The fourth-order valence-corrected chi connectivity index (χ4v) is 2.96. The molecule has 1 amide bonds. The van der Waals surface area contributed by atoms with Crippen LogP contribution in [0, 0.1) is 5.92 Å². The zero-order valence-electron chi connectivity index (χ0n) is 11.7. The maximum atomic E-state index is 11.4. The Bertz CT molecular complexity index is 472. The summed E-state index contributed by atoms with van der Waals surface area (Å²) in [6.07, 6.45) is 3.65. The van der Waals surface area contributed by atoms with Gasteiger partial charge < -0.3 is 16.4 Å². The molecule has 1 heterocycles. The van der Waals surface area contributed by atoms with E-state index in [1.807, 2.05) is 12.1 Å². The molecule has 19 heavy (non-hydrogen) atoms. The average molecular weight is 261 g/mol. The quantitative estimate of drug-likeness (QED) is 0.820. The summed E-state index contributed by atoms with van der Waals surface area (Å²) in [4.78, 5) is 13.7. The van der Waals surface area contributed by atoms with Crippen molar-refractivity contribution in [2.75, 3.05) is 17.2 Å². The number of hydrogen-bond acceptors (Lipinski definition) is 3. The van der Waals surface area contributed by atoms with Crippen LogP contribution >= 0.6 is 0 Å². The zero-order chi connectivity index (χ0) is 14.0.